The number of aromatic amines is 1. The second-order valence-electron chi connectivity index (χ2n) is 3.64. The Hall–Kier alpha value is -2.36. The fourth-order valence-electron chi connectivity index (χ4n) is 1.63. The zero-order valence-corrected chi connectivity index (χ0v) is 9.22. The van der Waals surface area contributed by atoms with Crippen molar-refractivity contribution in [2.45, 2.75) is 6.54 Å². The second-order valence-corrected chi connectivity index (χ2v) is 3.64. The van der Waals surface area contributed by atoms with Crippen molar-refractivity contribution >= 4 is 6.08 Å². The van der Waals surface area contributed by atoms with E-state index in [1.165, 1.54) is 16.8 Å². The molecule has 0 unspecified atom stereocenters. The van der Waals surface area contributed by atoms with Crippen molar-refractivity contribution in [2.24, 2.45) is 0 Å². The maximum Gasteiger partial charge on any atom is 0.328 e. The Balaban J connectivity index is 2.41. The Bertz CT molecular complexity index is 653. The van der Waals surface area contributed by atoms with Crippen molar-refractivity contribution in [3.63, 3.8) is 0 Å². The summed E-state index contributed by atoms with van der Waals surface area (Å²) in [6.45, 7) is 4.14. The number of hydrogen-bond acceptors (Lipinski definition) is 2. The van der Waals surface area contributed by atoms with Crippen molar-refractivity contribution in [3.8, 4) is 0 Å². The Morgan fingerprint density at radius 2 is 2.00 bits per heavy atom. The summed E-state index contributed by atoms with van der Waals surface area (Å²) in [5.74, 6) is 0. The van der Waals surface area contributed by atoms with Crippen LogP contribution in [0.15, 0.2) is 52.7 Å². The summed E-state index contributed by atoms with van der Waals surface area (Å²) in [5.41, 5.74) is 1.17. The third kappa shape index (κ3) is 2.42. The largest absolute Gasteiger partial charge is 0.328 e. The second kappa shape index (κ2) is 4.65. The van der Waals surface area contributed by atoms with Crippen molar-refractivity contribution in [1.82, 2.24) is 9.55 Å². The number of rotatable bonds is 3. The van der Waals surface area contributed by atoms with E-state index < -0.39 is 5.69 Å². The smallest absolute Gasteiger partial charge is 0.296 e. The van der Waals surface area contributed by atoms with Gasteiger partial charge in [0.1, 0.15) is 0 Å². The molecule has 0 aliphatic heterocycles. The highest BCUT2D eigenvalue weighted by Gasteiger charge is 2.01. The summed E-state index contributed by atoms with van der Waals surface area (Å²) < 4.78 is 1.45. The minimum absolute atomic E-state index is 0.386. The number of benzene rings is 1. The van der Waals surface area contributed by atoms with Gasteiger partial charge in [0, 0.05) is 12.3 Å². The first kappa shape index (κ1) is 11.1. The van der Waals surface area contributed by atoms with Crippen LogP contribution in [0.5, 0.6) is 0 Å². The van der Waals surface area contributed by atoms with Crippen molar-refractivity contribution in [3.05, 3.63) is 75.1 Å². The molecule has 1 aromatic heterocycles. The molecule has 86 valence electrons. The minimum Gasteiger partial charge on any atom is -0.296 e. The van der Waals surface area contributed by atoms with E-state index in [-0.39, 0.29) is 5.56 Å². The predicted octanol–water partition coefficient (Wildman–Crippen LogP) is 1.23. The molecule has 2 aromatic rings. The molecule has 17 heavy (non-hydrogen) atoms. The number of nitrogens with zero attached hydrogens (tertiary/aromatic N) is 1. The van der Waals surface area contributed by atoms with Crippen LogP contribution in [0.2, 0.25) is 0 Å². The van der Waals surface area contributed by atoms with Crippen LogP contribution in [0.1, 0.15) is 11.1 Å². The van der Waals surface area contributed by atoms with Gasteiger partial charge in [0.25, 0.3) is 5.56 Å². The van der Waals surface area contributed by atoms with E-state index in [0.29, 0.717) is 6.54 Å². The molecule has 0 radical (unpaired) electrons. The molecule has 0 aliphatic carbocycles. The molecule has 4 heteroatoms. The lowest BCUT2D eigenvalue weighted by Crippen LogP contribution is -2.29. The monoisotopic (exact) mass is 228 g/mol. The highest BCUT2D eigenvalue weighted by molar-refractivity contribution is 5.51. The van der Waals surface area contributed by atoms with Gasteiger partial charge in [-0.15, -0.1) is 0 Å². The molecular weight excluding hydrogens is 216 g/mol. The maximum absolute atomic E-state index is 11.5. The van der Waals surface area contributed by atoms with Crippen LogP contribution in [0.25, 0.3) is 6.08 Å². The molecule has 0 amide bonds. The molecular formula is C13H12N2O2. The first-order valence-corrected chi connectivity index (χ1v) is 5.21. The first-order valence-electron chi connectivity index (χ1n) is 5.21. The zero-order chi connectivity index (χ0) is 12.3. The highest BCUT2D eigenvalue weighted by Crippen LogP contribution is 2.10. The van der Waals surface area contributed by atoms with Crippen LogP contribution in [-0.2, 0) is 6.54 Å². The van der Waals surface area contributed by atoms with Crippen molar-refractivity contribution in [2.75, 3.05) is 0 Å². The van der Waals surface area contributed by atoms with Gasteiger partial charge >= 0.3 is 5.69 Å². The van der Waals surface area contributed by atoms with Crippen LogP contribution < -0.4 is 11.2 Å². The van der Waals surface area contributed by atoms with E-state index in [2.05, 4.69) is 11.6 Å². The van der Waals surface area contributed by atoms with Crippen molar-refractivity contribution in [1.29, 1.82) is 0 Å². The van der Waals surface area contributed by atoms with Crippen LogP contribution >= 0.6 is 0 Å². The number of H-pyrrole nitrogens is 1. The highest BCUT2D eigenvalue weighted by atomic mass is 16.2. The Morgan fingerprint density at radius 3 is 2.71 bits per heavy atom. The van der Waals surface area contributed by atoms with E-state index in [1.54, 1.807) is 6.08 Å². The molecule has 0 bridgehead atoms. The summed E-state index contributed by atoms with van der Waals surface area (Å²) in [7, 11) is 0. The molecule has 0 fully saturated rings. The molecule has 0 aliphatic rings. The molecule has 2 rings (SSSR count). The molecule has 0 atom stereocenters. The average molecular weight is 228 g/mol. The maximum atomic E-state index is 11.5. The van der Waals surface area contributed by atoms with Crippen LogP contribution in [-0.4, -0.2) is 9.55 Å². The quantitative estimate of drug-likeness (QED) is 0.859. The molecule has 0 spiro atoms. The summed E-state index contributed by atoms with van der Waals surface area (Å²) in [4.78, 5) is 24.7. The predicted molar refractivity (Wildman–Crippen MR) is 67.0 cm³/mol. The normalized spacial score (nSPS) is 10.1. The molecule has 1 heterocycles. The number of aromatic nitrogens is 2. The summed E-state index contributed by atoms with van der Waals surface area (Å²) in [6, 6.07) is 9.00. The Kier molecular flexibility index (Phi) is 3.05. The van der Waals surface area contributed by atoms with Crippen LogP contribution in [0, 0.1) is 0 Å². The molecule has 0 saturated heterocycles. The Morgan fingerprint density at radius 1 is 1.24 bits per heavy atom. The summed E-state index contributed by atoms with van der Waals surface area (Å²) >= 11 is 0. The van der Waals surface area contributed by atoms with Gasteiger partial charge in [-0.3, -0.25) is 14.3 Å². The van der Waals surface area contributed by atoms with Gasteiger partial charge < -0.3 is 0 Å². The summed E-state index contributed by atoms with van der Waals surface area (Å²) in [6.07, 6.45) is 3.23. The lowest BCUT2D eigenvalue weighted by atomic mass is 10.1. The van der Waals surface area contributed by atoms with E-state index in [1.807, 2.05) is 24.3 Å². The van der Waals surface area contributed by atoms with Gasteiger partial charge in [-0.2, -0.15) is 0 Å². The topological polar surface area (TPSA) is 54.9 Å². The zero-order valence-electron chi connectivity index (χ0n) is 9.22. The molecule has 0 saturated carbocycles. The fourth-order valence-corrected chi connectivity index (χ4v) is 1.63. The third-order valence-corrected chi connectivity index (χ3v) is 2.51. The number of hydrogen-bond donors (Lipinski definition) is 1. The van der Waals surface area contributed by atoms with Crippen molar-refractivity contribution < 1.29 is 0 Å². The van der Waals surface area contributed by atoms with Crippen LogP contribution in [0.3, 0.4) is 0 Å². The number of nitrogens with one attached hydrogen (secondary N) is 1. The van der Waals surface area contributed by atoms with Gasteiger partial charge in [0.15, 0.2) is 0 Å². The molecule has 1 aromatic carbocycles. The van der Waals surface area contributed by atoms with Gasteiger partial charge in [0.2, 0.25) is 0 Å². The van der Waals surface area contributed by atoms with E-state index in [9.17, 15) is 9.59 Å². The summed E-state index contributed by atoms with van der Waals surface area (Å²) in [5, 5.41) is 0. The van der Waals surface area contributed by atoms with Crippen LogP contribution in [0.4, 0.5) is 0 Å². The minimum atomic E-state index is -0.406. The van der Waals surface area contributed by atoms with Gasteiger partial charge in [-0.1, -0.05) is 36.9 Å². The first-order chi connectivity index (χ1) is 8.20. The SMILES string of the molecule is C=Cc1ccccc1Cn1ccc(=O)[nH]c1=O. The lowest BCUT2D eigenvalue weighted by Gasteiger charge is -2.07. The molecule has 4 nitrogen and oxygen atoms in total. The average Bonchev–Trinajstić information content (AvgIpc) is 2.33. The standard InChI is InChI=1S/C13H12N2O2/c1-2-10-5-3-4-6-11(10)9-15-8-7-12(16)14-13(15)17/h2-8H,1,9H2,(H,14,16,17). The third-order valence-electron chi connectivity index (χ3n) is 2.51. The van der Waals surface area contributed by atoms with Gasteiger partial charge in [0.05, 0.1) is 6.54 Å². The lowest BCUT2D eigenvalue weighted by molar-refractivity contribution is 0.719. The molecule has 1 N–H and O–H groups in total. The van der Waals surface area contributed by atoms with E-state index in [0.717, 1.165) is 11.1 Å². The van der Waals surface area contributed by atoms with E-state index >= 15 is 0 Å². The van der Waals surface area contributed by atoms with Gasteiger partial charge in [-0.25, -0.2) is 4.79 Å². The Labute approximate surface area is 97.9 Å². The van der Waals surface area contributed by atoms with Gasteiger partial charge in [-0.05, 0) is 11.1 Å². The van der Waals surface area contributed by atoms with E-state index in [4.69, 9.17) is 0 Å². The fraction of sp³-hybridized carbons (Fsp3) is 0.0769.